The van der Waals surface area contributed by atoms with Crippen molar-refractivity contribution in [1.29, 1.82) is 0 Å². The molecule has 0 aliphatic heterocycles. The van der Waals surface area contributed by atoms with Crippen molar-refractivity contribution < 1.29 is 23.4 Å². The van der Waals surface area contributed by atoms with E-state index in [-0.39, 0.29) is 5.04 Å². The minimum absolute atomic E-state index is 0.0363. The quantitative estimate of drug-likeness (QED) is 0.188. The lowest BCUT2D eigenvalue weighted by atomic mass is 10.2. The van der Waals surface area contributed by atoms with Crippen LogP contribution < -0.4 is 10.4 Å². The summed E-state index contributed by atoms with van der Waals surface area (Å²) in [7, 11) is -2.51. The van der Waals surface area contributed by atoms with Crippen molar-refractivity contribution in [3.8, 4) is 0 Å². The first-order valence-electron chi connectivity index (χ1n) is 13.1. The van der Waals surface area contributed by atoms with Gasteiger partial charge in [0.25, 0.3) is 8.32 Å². The summed E-state index contributed by atoms with van der Waals surface area (Å²) >= 11 is 0. The normalized spacial score (nSPS) is 12.1. The van der Waals surface area contributed by atoms with Gasteiger partial charge in [-0.25, -0.2) is 0 Å². The zero-order chi connectivity index (χ0) is 26.2. The Morgan fingerprint density at radius 1 is 0.486 bits per heavy atom. The lowest BCUT2D eigenvalue weighted by Crippen LogP contribution is -2.66. The van der Waals surface area contributed by atoms with Crippen LogP contribution in [0.5, 0.6) is 0 Å². The van der Waals surface area contributed by atoms with Crippen LogP contribution in [-0.2, 0) is 30.0 Å². The molecule has 0 N–H and O–H groups in total. The SMILES string of the molecule is CC(C)(C)[Si](OCCOCCOCCOCCOCc1ccccc1)(c1ccccc1)c1ccccc1. The van der Waals surface area contributed by atoms with E-state index in [0.717, 1.165) is 0 Å². The Hall–Kier alpha value is -2.32. The monoisotopic (exact) mass is 522 g/mol. The molecule has 5 nitrogen and oxygen atoms in total. The summed E-state index contributed by atoms with van der Waals surface area (Å²) in [5.41, 5.74) is 1.17. The molecule has 0 aliphatic rings. The average molecular weight is 523 g/mol. The highest BCUT2D eigenvalue weighted by Gasteiger charge is 2.49. The van der Waals surface area contributed by atoms with Crippen LogP contribution in [-0.4, -0.2) is 61.2 Å². The van der Waals surface area contributed by atoms with E-state index in [1.165, 1.54) is 15.9 Å². The molecule has 3 rings (SSSR count). The number of hydrogen-bond donors (Lipinski definition) is 0. The minimum atomic E-state index is -2.51. The van der Waals surface area contributed by atoms with E-state index in [4.69, 9.17) is 23.4 Å². The van der Waals surface area contributed by atoms with E-state index in [9.17, 15) is 0 Å². The fourth-order valence-electron chi connectivity index (χ4n) is 4.44. The molecule has 0 fully saturated rings. The van der Waals surface area contributed by atoms with Gasteiger partial charge in [0.2, 0.25) is 0 Å². The summed E-state index contributed by atoms with van der Waals surface area (Å²) < 4.78 is 29.5. The van der Waals surface area contributed by atoms with Crippen molar-refractivity contribution in [3.05, 3.63) is 96.6 Å². The van der Waals surface area contributed by atoms with Crippen molar-refractivity contribution in [2.75, 3.05) is 52.9 Å². The van der Waals surface area contributed by atoms with E-state index in [1.54, 1.807) is 0 Å². The van der Waals surface area contributed by atoms with Gasteiger partial charge in [0.1, 0.15) is 0 Å². The van der Waals surface area contributed by atoms with Crippen molar-refractivity contribution >= 4 is 18.7 Å². The Kier molecular flexibility index (Phi) is 12.5. The van der Waals surface area contributed by atoms with Gasteiger partial charge in [0.15, 0.2) is 0 Å². The summed E-state index contributed by atoms with van der Waals surface area (Å²) in [6.07, 6.45) is 0. The maximum absolute atomic E-state index is 6.83. The topological polar surface area (TPSA) is 46.2 Å². The molecule has 0 spiro atoms. The van der Waals surface area contributed by atoms with Crippen LogP contribution in [0.4, 0.5) is 0 Å². The van der Waals surface area contributed by atoms with Crippen LogP contribution in [0.3, 0.4) is 0 Å². The second-order valence-corrected chi connectivity index (χ2v) is 14.2. The Morgan fingerprint density at radius 3 is 1.30 bits per heavy atom. The molecule has 0 saturated heterocycles. The largest absolute Gasteiger partial charge is 0.405 e. The van der Waals surface area contributed by atoms with Crippen LogP contribution >= 0.6 is 0 Å². The van der Waals surface area contributed by atoms with Crippen LogP contribution in [0, 0.1) is 0 Å². The fraction of sp³-hybridized carbons (Fsp3) is 0.419. The Morgan fingerprint density at radius 2 is 0.865 bits per heavy atom. The number of ether oxygens (including phenoxy) is 4. The first-order chi connectivity index (χ1) is 18.0. The molecule has 0 heterocycles. The van der Waals surface area contributed by atoms with E-state index < -0.39 is 8.32 Å². The molecule has 3 aromatic rings. The minimum Gasteiger partial charge on any atom is -0.405 e. The molecule has 0 atom stereocenters. The molecule has 0 aliphatic carbocycles. The highest BCUT2D eigenvalue weighted by Crippen LogP contribution is 2.36. The third kappa shape index (κ3) is 9.18. The zero-order valence-corrected chi connectivity index (χ0v) is 23.6. The number of rotatable bonds is 17. The third-order valence-corrected chi connectivity index (χ3v) is 11.2. The van der Waals surface area contributed by atoms with Crippen molar-refractivity contribution in [2.45, 2.75) is 32.4 Å². The van der Waals surface area contributed by atoms with Crippen LogP contribution in [0.2, 0.25) is 5.04 Å². The van der Waals surface area contributed by atoms with E-state index in [0.29, 0.717) is 59.5 Å². The molecule has 3 aromatic carbocycles. The zero-order valence-electron chi connectivity index (χ0n) is 22.6. The molecule has 0 radical (unpaired) electrons. The predicted octanol–water partition coefficient (Wildman–Crippen LogP) is 4.83. The van der Waals surface area contributed by atoms with E-state index in [2.05, 4.69) is 93.6 Å². The fourth-order valence-corrected chi connectivity index (χ4v) is 8.98. The Labute approximate surface area is 223 Å². The molecule has 200 valence electrons. The van der Waals surface area contributed by atoms with Gasteiger partial charge in [0, 0.05) is 0 Å². The summed E-state index contributed by atoms with van der Waals surface area (Å²) in [4.78, 5) is 0. The van der Waals surface area contributed by atoms with Crippen molar-refractivity contribution in [2.24, 2.45) is 0 Å². The van der Waals surface area contributed by atoms with Gasteiger partial charge in [-0.15, -0.1) is 0 Å². The lowest BCUT2D eigenvalue weighted by molar-refractivity contribution is -0.00688. The van der Waals surface area contributed by atoms with Gasteiger partial charge in [-0.05, 0) is 21.0 Å². The summed E-state index contributed by atoms with van der Waals surface area (Å²) in [5, 5.41) is 2.52. The molecular weight excluding hydrogens is 480 g/mol. The smallest absolute Gasteiger partial charge is 0.261 e. The first-order valence-corrected chi connectivity index (χ1v) is 15.0. The molecule has 0 amide bonds. The maximum atomic E-state index is 6.83. The van der Waals surface area contributed by atoms with E-state index >= 15 is 0 Å². The third-order valence-electron chi connectivity index (χ3n) is 6.19. The molecule has 0 unspecified atom stereocenters. The molecular formula is C31H42O5Si. The van der Waals surface area contributed by atoms with Gasteiger partial charge in [0.05, 0.1) is 59.5 Å². The maximum Gasteiger partial charge on any atom is 0.261 e. The van der Waals surface area contributed by atoms with Gasteiger partial charge in [-0.3, -0.25) is 0 Å². The molecule has 0 bridgehead atoms. The standard InChI is InChI=1S/C31H42O5Si/c1-31(2,3)37(29-15-9-5-10-16-29,30-17-11-6-12-18-30)36-26-25-34-22-21-32-19-20-33-23-24-35-27-28-13-7-4-8-14-28/h4-18H,19-27H2,1-3H3. The average Bonchev–Trinajstić information content (AvgIpc) is 2.92. The molecule has 0 saturated carbocycles. The second-order valence-electron chi connectivity index (χ2n) is 9.89. The van der Waals surface area contributed by atoms with Gasteiger partial charge in [-0.1, -0.05) is 112 Å². The highest BCUT2D eigenvalue weighted by molar-refractivity contribution is 6.99. The molecule has 0 aromatic heterocycles. The van der Waals surface area contributed by atoms with Gasteiger partial charge >= 0.3 is 0 Å². The number of hydrogen-bond acceptors (Lipinski definition) is 5. The molecule has 6 heteroatoms. The second kappa shape index (κ2) is 15.8. The summed E-state index contributed by atoms with van der Waals surface area (Å²) in [6, 6.07) is 31.5. The predicted molar refractivity (Wildman–Crippen MR) is 152 cm³/mol. The van der Waals surface area contributed by atoms with E-state index in [1.807, 2.05) is 18.2 Å². The number of benzene rings is 3. The highest BCUT2D eigenvalue weighted by atomic mass is 28.4. The summed E-state index contributed by atoms with van der Waals surface area (Å²) in [5.74, 6) is 0. The van der Waals surface area contributed by atoms with Crippen molar-refractivity contribution in [3.63, 3.8) is 0 Å². The summed E-state index contributed by atoms with van der Waals surface area (Å²) in [6.45, 7) is 11.8. The Balaban J connectivity index is 1.31. The van der Waals surface area contributed by atoms with Crippen LogP contribution in [0.15, 0.2) is 91.0 Å². The van der Waals surface area contributed by atoms with Gasteiger partial charge < -0.3 is 23.4 Å². The van der Waals surface area contributed by atoms with Crippen molar-refractivity contribution in [1.82, 2.24) is 0 Å². The van der Waals surface area contributed by atoms with Crippen LogP contribution in [0.25, 0.3) is 0 Å². The van der Waals surface area contributed by atoms with Gasteiger partial charge in [-0.2, -0.15) is 0 Å². The van der Waals surface area contributed by atoms with Crippen LogP contribution in [0.1, 0.15) is 26.3 Å². The Bertz CT molecular complexity index is 937. The lowest BCUT2D eigenvalue weighted by Gasteiger charge is -2.43. The molecule has 37 heavy (non-hydrogen) atoms. The first kappa shape index (κ1) is 29.2.